The van der Waals surface area contributed by atoms with Gasteiger partial charge in [-0.25, -0.2) is 8.42 Å². The van der Waals surface area contributed by atoms with Gasteiger partial charge in [-0.05, 0) is 36.8 Å². The number of aromatic hydroxyl groups is 1. The molecule has 29 heavy (non-hydrogen) atoms. The summed E-state index contributed by atoms with van der Waals surface area (Å²) >= 11 is 1.29. The van der Waals surface area contributed by atoms with E-state index in [9.17, 15) is 18.3 Å². The number of hydrogen-bond acceptors (Lipinski definition) is 6. The number of rotatable bonds is 4. The molecule has 8 heteroatoms. The molecule has 2 N–H and O–H groups in total. The van der Waals surface area contributed by atoms with E-state index in [2.05, 4.69) is 5.32 Å². The molecule has 1 aliphatic rings. The average molecular weight is 430 g/mol. The van der Waals surface area contributed by atoms with Crippen LogP contribution in [0.5, 0.6) is 11.5 Å². The molecule has 1 atom stereocenters. The van der Waals surface area contributed by atoms with Crippen molar-refractivity contribution in [1.82, 2.24) is 0 Å². The van der Waals surface area contributed by atoms with Crippen molar-refractivity contribution >= 4 is 32.8 Å². The van der Waals surface area contributed by atoms with Gasteiger partial charge in [-0.2, -0.15) is 0 Å². The second-order valence-corrected chi connectivity index (χ2v) is 9.72. The Hall–Kier alpha value is -2.84. The van der Waals surface area contributed by atoms with E-state index in [-0.39, 0.29) is 33.8 Å². The lowest BCUT2D eigenvalue weighted by Gasteiger charge is -2.24. The molecule has 0 spiro atoms. The molecule has 3 aromatic rings. The smallest absolute Gasteiger partial charge is 0.225 e. The van der Waals surface area contributed by atoms with Crippen molar-refractivity contribution in [2.75, 3.05) is 12.4 Å². The first kappa shape index (κ1) is 19.5. The Bertz CT molecular complexity index is 1200. The Labute approximate surface area is 172 Å². The van der Waals surface area contributed by atoms with Crippen LogP contribution in [0.25, 0.3) is 0 Å². The summed E-state index contributed by atoms with van der Waals surface area (Å²) in [5.41, 5.74) is 2.01. The first-order valence-corrected chi connectivity index (χ1v) is 11.3. The van der Waals surface area contributed by atoms with E-state index < -0.39 is 9.84 Å². The maximum Gasteiger partial charge on any atom is 0.225 e. The van der Waals surface area contributed by atoms with Crippen LogP contribution in [0.15, 0.2) is 57.6 Å². The van der Waals surface area contributed by atoms with Gasteiger partial charge in [0.1, 0.15) is 4.90 Å². The average Bonchev–Trinajstić information content (AvgIpc) is 3.12. The fourth-order valence-electron chi connectivity index (χ4n) is 3.44. The van der Waals surface area contributed by atoms with Crippen molar-refractivity contribution in [3.05, 3.63) is 63.8 Å². The standard InChI is InChI=1S/C21H19NO5S2/c1-12-3-6-14(7-4-12)29(25,26)18-11-28-21-15(10-19(24)22-20(18)21)13-5-8-17(27-2)16(23)9-13/h3-9,11,15,23H,10H2,1-2H3,(H,22,24)/t15-/m1/s1. The lowest BCUT2D eigenvalue weighted by atomic mass is 9.90. The van der Waals surface area contributed by atoms with Crippen LogP contribution in [0.2, 0.25) is 0 Å². The van der Waals surface area contributed by atoms with Gasteiger partial charge in [0.2, 0.25) is 15.7 Å². The SMILES string of the molecule is COc1ccc([C@H]2CC(=O)Nc3c(S(=O)(=O)c4ccc(C)cc4)csc32)cc1O. The number of hydrogen-bond donors (Lipinski definition) is 2. The highest BCUT2D eigenvalue weighted by Crippen LogP contribution is 2.46. The summed E-state index contributed by atoms with van der Waals surface area (Å²) in [4.78, 5) is 13.4. The third kappa shape index (κ3) is 3.38. The van der Waals surface area contributed by atoms with Gasteiger partial charge in [-0.1, -0.05) is 23.8 Å². The molecule has 0 aliphatic carbocycles. The Balaban J connectivity index is 1.80. The van der Waals surface area contributed by atoms with Crippen LogP contribution in [0.4, 0.5) is 5.69 Å². The molecular formula is C21H19NO5S2. The summed E-state index contributed by atoms with van der Waals surface area (Å²) in [5.74, 6) is -0.302. The molecule has 0 saturated carbocycles. The molecule has 1 aromatic heterocycles. The van der Waals surface area contributed by atoms with Crippen molar-refractivity contribution < 1.29 is 23.1 Å². The predicted molar refractivity (Wildman–Crippen MR) is 111 cm³/mol. The van der Waals surface area contributed by atoms with E-state index in [1.54, 1.807) is 47.8 Å². The number of ether oxygens (including phenoxy) is 1. The van der Waals surface area contributed by atoms with E-state index in [0.29, 0.717) is 11.4 Å². The Morgan fingerprint density at radius 3 is 2.55 bits per heavy atom. The lowest BCUT2D eigenvalue weighted by Crippen LogP contribution is -2.23. The van der Waals surface area contributed by atoms with Crippen LogP contribution < -0.4 is 10.1 Å². The third-order valence-corrected chi connectivity index (χ3v) is 8.02. The summed E-state index contributed by atoms with van der Waals surface area (Å²) in [6, 6.07) is 11.6. The van der Waals surface area contributed by atoms with Crippen molar-refractivity contribution in [2.24, 2.45) is 0 Å². The number of sulfone groups is 1. The van der Waals surface area contributed by atoms with Gasteiger partial charge in [0, 0.05) is 22.6 Å². The number of phenols is 1. The van der Waals surface area contributed by atoms with E-state index in [4.69, 9.17) is 4.74 Å². The van der Waals surface area contributed by atoms with Crippen LogP contribution in [-0.4, -0.2) is 26.5 Å². The quantitative estimate of drug-likeness (QED) is 0.652. The normalized spacial score (nSPS) is 16.2. The van der Waals surface area contributed by atoms with E-state index in [1.165, 1.54) is 18.4 Å². The van der Waals surface area contributed by atoms with Crippen LogP contribution in [0.1, 0.15) is 28.3 Å². The van der Waals surface area contributed by atoms with Gasteiger partial charge in [-0.15, -0.1) is 11.3 Å². The van der Waals surface area contributed by atoms with Gasteiger partial charge in [-0.3, -0.25) is 4.79 Å². The Morgan fingerprint density at radius 2 is 1.90 bits per heavy atom. The molecule has 0 bridgehead atoms. The minimum absolute atomic E-state index is 0.0263. The fraction of sp³-hybridized carbons (Fsp3) is 0.190. The number of methoxy groups -OCH3 is 1. The first-order chi connectivity index (χ1) is 13.8. The monoisotopic (exact) mass is 429 g/mol. The summed E-state index contributed by atoms with van der Waals surface area (Å²) in [6.45, 7) is 1.89. The molecule has 2 aromatic carbocycles. The molecule has 2 heterocycles. The van der Waals surface area contributed by atoms with Gasteiger partial charge >= 0.3 is 0 Å². The topological polar surface area (TPSA) is 92.7 Å². The minimum Gasteiger partial charge on any atom is -0.504 e. The Morgan fingerprint density at radius 1 is 1.17 bits per heavy atom. The van der Waals surface area contributed by atoms with Crippen molar-refractivity contribution in [1.29, 1.82) is 0 Å². The van der Waals surface area contributed by atoms with E-state index >= 15 is 0 Å². The zero-order valence-corrected chi connectivity index (χ0v) is 17.4. The number of phenolic OH excluding ortho intramolecular Hbond substituents is 1. The minimum atomic E-state index is -3.78. The molecule has 0 fully saturated rings. The predicted octanol–water partition coefficient (Wildman–Crippen LogP) is 4.08. The van der Waals surface area contributed by atoms with Gasteiger partial charge < -0.3 is 15.2 Å². The fourth-order valence-corrected chi connectivity index (χ4v) is 6.35. The van der Waals surface area contributed by atoms with Gasteiger partial charge in [0.05, 0.1) is 17.7 Å². The molecule has 0 saturated heterocycles. The van der Waals surface area contributed by atoms with Crippen molar-refractivity contribution in [3.8, 4) is 11.5 Å². The number of nitrogens with one attached hydrogen (secondary N) is 1. The zero-order valence-electron chi connectivity index (χ0n) is 15.8. The van der Waals surface area contributed by atoms with E-state index in [1.807, 2.05) is 6.92 Å². The number of amides is 1. The summed E-state index contributed by atoms with van der Waals surface area (Å²) < 4.78 is 31.4. The molecule has 1 aliphatic heterocycles. The maximum absolute atomic E-state index is 13.2. The maximum atomic E-state index is 13.2. The number of aryl methyl sites for hydroxylation is 1. The van der Waals surface area contributed by atoms with E-state index in [0.717, 1.165) is 16.0 Å². The number of anilines is 1. The summed E-state index contributed by atoms with van der Waals surface area (Å²) in [6.07, 6.45) is 0.170. The molecule has 0 unspecified atom stereocenters. The van der Waals surface area contributed by atoms with Crippen molar-refractivity contribution in [3.63, 3.8) is 0 Å². The number of carbonyl (C=O) groups is 1. The molecular weight excluding hydrogens is 410 g/mol. The summed E-state index contributed by atoms with van der Waals surface area (Å²) in [7, 11) is -2.31. The molecule has 1 amide bonds. The largest absolute Gasteiger partial charge is 0.504 e. The van der Waals surface area contributed by atoms with Crippen LogP contribution in [-0.2, 0) is 14.6 Å². The highest BCUT2D eigenvalue weighted by atomic mass is 32.2. The van der Waals surface area contributed by atoms with Crippen LogP contribution in [0.3, 0.4) is 0 Å². The van der Waals surface area contributed by atoms with Crippen molar-refractivity contribution in [2.45, 2.75) is 29.1 Å². The first-order valence-electron chi connectivity index (χ1n) is 8.91. The number of fused-ring (bicyclic) bond motifs is 1. The van der Waals surface area contributed by atoms with Gasteiger partial charge in [0.15, 0.2) is 11.5 Å². The number of carbonyl (C=O) groups excluding carboxylic acids is 1. The summed E-state index contributed by atoms with van der Waals surface area (Å²) in [5, 5.41) is 14.4. The van der Waals surface area contributed by atoms with Crippen LogP contribution >= 0.6 is 11.3 Å². The van der Waals surface area contributed by atoms with Crippen LogP contribution in [0, 0.1) is 6.92 Å². The molecule has 150 valence electrons. The zero-order chi connectivity index (χ0) is 20.8. The number of thiophene rings is 1. The second kappa shape index (κ2) is 7.20. The number of benzene rings is 2. The second-order valence-electron chi connectivity index (χ2n) is 6.89. The highest BCUT2D eigenvalue weighted by molar-refractivity contribution is 7.91. The lowest BCUT2D eigenvalue weighted by molar-refractivity contribution is -0.116. The Kier molecular flexibility index (Phi) is 4.84. The molecule has 0 radical (unpaired) electrons. The highest BCUT2D eigenvalue weighted by Gasteiger charge is 2.34. The third-order valence-electron chi connectivity index (χ3n) is 4.98. The molecule has 6 nitrogen and oxygen atoms in total. The van der Waals surface area contributed by atoms with Gasteiger partial charge in [0.25, 0.3) is 0 Å². The molecule has 4 rings (SSSR count).